The summed E-state index contributed by atoms with van der Waals surface area (Å²) >= 11 is 0. The van der Waals surface area contributed by atoms with Crippen LogP contribution in [0.1, 0.15) is 23.8 Å². The zero-order chi connectivity index (χ0) is 18.7. The number of rotatable bonds is 6. The van der Waals surface area contributed by atoms with Crippen molar-refractivity contribution in [3.8, 4) is 0 Å². The molecule has 3 rings (SSSR count). The van der Waals surface area contributed by atoms with Crippen LogP contribution in [0.4, 0.5) is 0 Å². The molecule has 1 aliphatic heterocycles. The highest BCUT2D eigenvalue weighted by atomic mass is 16.3. The third-order valence-electron chi connectivity index (χ3n) is 4.45. The quantitative estimate of drug-likeness (QED) is 0.451. The van der Waals surface area contributed by atoms with Gasteiger partial charge in [0.25, 0.3) is 5.91 Å². The second-order valence-corrected chi connectivity index (χ2v) is 6.67. The molecule has 0 radical (unpaired) electrons. The Hall–Kier alpha value is -2.86. The maximum Gasteiger partial charge on any atom is 0.295 e. The van der Waals surface area contributed by atoms with Crippen molar-refractivity contribution in [2.24, 2.45) is 0 Å². The number of nitrogens with one attached hydrogen (secondary N) is 1. The maximum atomic E-state index is 13.0. The molecule has 1 atom stereocenters. The standard InChI is InChI=1S/C20H22N2O4/c1-21(2)11-7-12-22-17(15-10-6-13-26-15)16(19(24)20(22)25)18(23)14-8-4-3-5-9-14/h3-6,8-10,13,17,23H,7,11-12H2,1-2H3/b18-16+. The first-order valence-corrected chi connectivity index (χ1v) is 8.65. The molecule has 1 N–H and O–H groups in total. The van der Waals surface area contributed by atoms with Crippen molar-refractivity contribution in [2.45, 2.75) is 12.5 Å². The van der Waals surface area contributed by atoms with Crippen LogP contribution in [0.15, 0.2) is 58.7 Å². The summed E-state index contributed by atoms with van der Waals surface area (Å²) < 4.78 is 5.46. The van der Waals surface area contributed by atoms with Gasteiger partial charge >= 0.3 is 0 Å². The molecule has 1 unspecified atom stereocenters. The molecule has 1 aromatic heterocycles. The Morgan fingerprint density at radius 1 is 1.15 bits per heavy atom. The van der Waals surface area contributed by atoms with Crippen molar-refractivity contribution in [1.29, 1.82) is 0 Å². The number of Topliss-reactive ketones (excluding diaryl/α,β-unsaturated/α-hetero) is 1. The van der Waals surface area contributed by atoms with Crippen LogP contribution in [-0.4, -0.2) is 43.8 Å². The normalized spacial score (nSPS) is 19.5. The van der Waals surface area contributed by atoms with Crippen molar-refractivity contribution in [3.05, 3.63) is 65.6 Å². The van der Waals surface area contributed by atoms with E-state index in [1.54, 1.807) is 42.5 Å². The number of quaternary nitrogens is 1. The molecule has 0 spiro atoms. The minimum Gasteiger partial charge on any atom is -0.872 e. The van der Waals surface area contributed by atoms with Crippen molar-refractivity contribution < 1.29 is 24.0 Å². The highest BCUT2D eigenvalue weighted by molar-refractivity contribution is 6.46. The van der Waals surface area contributed by atoms with Crippen LogP contribution in [0.5, 0.6) is 0 Å². The summed E-state index contributed by atoms with van der Waals surface area (Å²) in [5.41, 5.74) is 0.355. The lowest BCUT2D eigenvalue weighted by atomic mass is 9.99. The third-order valence-corrected chi connectivity index (χ3v) is 4.45. The summed E-state index contributed by atoms with van der Waals surface area (Å²) in [6.45, 7) is 1.25. The van der Waals surface area contributed by atoms with Gasteiger partial charge in [0.05, 0.1) is 26.9 Å². The molecule has 0 saturated carbocycles. The van der Waals surface area contributed by atoms with Crippen LogP contribution in [0, 0.1) is 0 Å². The average Bonchev–Trinajstić information content (AvgIpc) is 3.24. The van der Waals surface area contributed by atoms with Crippen molar-refractivity contribution in [1.82, 2.24) is 4.90 Å². The van der Waals surface area contributed by atoms with E-state index in [4.69, 9.17) is 4.42 Å². The SMILES string of the molecule is C[NH+](C)CCCN1C(=O)C(=O)/C(=C(/[O-])c2ccccc2)C1c1ccco1. The van der Waals surface area contributed by atoms with E-state index in [2.05, 4.69) is 0 Å². The van der Waals surface area contributed by atoms with Crippen LogP contribution in [-0.2, 0) is 9.59 Å². The molecule has 2 heterocycles. The molecule has 1 aromatic carbocycles. The number of furan rings is 1. The Labute approximate surface area is 152 Å². The first-order valence-electron chi connectivity index (χ1n) is 8.65. The second-order valence-electron chi connectivity index (χ2n) is 6.67. The Kier molecular flexibility index (Phi) is 5.23. The molecule has 6 nitrogen and oxygen atoms in total. The van der Waals surface area contributed by atoms with Gasteiger partial charge in [0.15, 0.2) is 0 Å². The Morgan fingerprint density at radius 3 is 2.50 bits per heavy atom. The lowest BCUT2D eigenvalue weighted by Gasteiger charge is -2.25. The van der Waals surface area contributed by atoms with E-state index in [9.17, 15) is 14.7 Å². The summed E-state index contributed by atoms with van der Waals surface area (Å²) in [6.07, 6.45) is 2.21. The molecular formula is C20H22N2O4. The number of nitrogens with zero attached hydrogens (tertiary/aromatic N) is 1. The van der Waals surface area contributed by atoms with Gasteiger partial charge in [0.2, 0.25) is 5.78 Å². The molecule has 2 aromatic rings. The first-order chi connectivity index (χ1) is 12.5. The molecule has 1 fully saturated rings. The fourth-order valence-corrected chi connectivity index (χ4v) is 3.19. The molecule has 0 aliphatic carbocycles. The fraction of sp³-hybridized carbons (Fsp3) is 0.300. The number of likely N-dealkylation sites (tertiary alicyclic amines) is 1. The van der Waals surface area contributed by atoms with Gasteiger partial charge in [-0.25, -0.2) is 0 Å². The number of carbonyl (C=O) groups is 2. The van der Waals surface area contributed by atoms with Gasteiger partial charge in [0.1, 0.15) is 11.8 Å². The van der Waals surface area contributed by atoms with Crippen LogP contribution >= 0.6 is 0 Å². The van der Waals surface area contributed by atoms with Gasteiger partial charge in [-0.15, -0.1) is 0 Å². The number of hydrogen-bond donors (Lipinski definition) is 1. The van der Waals surface area contributed by atoms with Crippen LogP contribution in [0.25, 0.3) is 5.76 Å². The van der Waals surface area contributed by atoms with Crippen molar-refractivity contribution in [3.63, 3.8) is 0 Å². The van der Waals surface area contributed by atoms with Gasteiger partial charge in [-0.2, -0.15) is 0 Å². The molecule has 1 saturated heterocycles. The first kappa shape index (κ1) is 17.9. The third kappa shape index (κ3) is 3.41. The van der Waals surface area contributed by atoms with E-state index in [0.29, 0.717) is 17.9 Å². The van der Waals surface area contributed by atoms with E-state index in [-0.39, 0.29) is 5.57 Å². The van der Waals surface area contributed by atoms with E-state index in [1.807, 2.05) is 14.1 Å². The Balaban J connectivity index is 2.02. The van der Waals surface area contributed by atoms with Gasteiger partial charge < -0.3 is 19.3 Å². The van der Waals surface area contributed by atoms with Gasteiger partial charge in [-0.3, -0.25) is 9.59 Å². The molecule has 6 heteroatoms. The summed E-state index contributed by atoms with van der Waals surface area (Å²) in [5, 5.41) is 13.0. The zero-order valence-electron chi connectivity index (χ0n) is 14.9. The molecule has 0 bridgehead atoms. The number of ketones is 1. The lowest BCUT2D eigenvalue weighted by molar-refractivity contribution is -0.858. The van der Waals surface area contributed by atoms with Crippen LogP contribution < -0.4 is 10.0 Å². The predicted molar refractivity (Wildman–Crippen MR) is 93.8 cm³/mol. The molecular weight excluding hydrogens is 332 g/mol. The maximum absolute atomic E-state index is 13.0. The Bertz CT molecular complexity index is 810. The summed E-state index contributed by atoms with van der Waals surface area (Å²) in [6, 6.07) is 11.2. The van der Waals surface area contributed by atoms with Gasteiger partial charge in [-0.1, -0.05) is 36.1 Å². The Morgan fingerprint density at radius 2 is 1.88 bits per heavy atom. The van der Waals surface area contributed by atoms with E-state index in [0.717, 1.165) is 13.0 Å². The molecule has 1 amide bonds. The molecule has 1 aliphatic rings. The zero-order valence-corrected chi connectivity index (χ0v) is 14.9. The summed E-state index contributed by atoms with van der Waals surface area (Å²) in [4.78, 5) is 27.9. The van der Waals surface area contributed by atoms with Crippen LogP contribution in [0.3, 0.4) is 0 Å². The van der Waals surface area contributed by atoms with E-state index in [1.165, 1.54) is 16.1 Å². The lowest BCUT2D eigenvalue weighted by Crippen LogP contribution is -3.05. The predicted octanol–water partition coefficient (Wildman–Crippen LogP) is 0.0382. The van der Waals surface area contributed by atoms with Crippen molar-refractivity contribution >= 4 is 17.4 Å². The van der Waals surface area contributed by atoms with E-state index < -0.39 is 23.5 Å². The topological polar surface area (TPSA) is 78.0 Å². The molecule has 136 valence electrons. The number of benzene rings is 1. The minimum absolute atomic E-state index is 0.0339. The largest absolute Gasteiger partial charge is 0.872 e. The van der Waals surface area contributed by atoms with Gasteiger partial charge in [-0.05, 0) is 17.7 Å². The highest BCUT2D eigenvalue weighted by Crippen LogP contribution is 2.38. The summed E-state index contributed by atoms with van der Waals surface area (Å²) in [5.74, 6) is -1.37. The monoisotopic (exact) mass is 354 g/mol. The minimum atomic E-state index is -0.769. The van der Waals surface area contributed by atoms with Gasteiger partial charge in [0, 0.05) is 18.5 Å². The summed E-state index contributed by atoms with van der Waals surface area (Å²) in [7, 11) is 4.05. The number of hydrogen-bond acceptors (Lipinski definition) is 4. The number of carbonyl (C=O) groups excluding carboxylic acids is 2. The van der Waals surface area contributed by atoms with Crippen LogP contribution in [0.2, 0.25) is 0 Å². The average molecular weight is 354 g/mol. The van der Waals surface area contributed by atoms with Crippen molar-refractivity contribution in [2.75, 3.05) is 27.2 Å². The van der Waals surface area contributed by atoms with E-state index >= 15 is 0 Å². The molecule has 26 heavy (non-hydrogen) atoms. The fourth-order valence-electron chi connectivity index (χ4n) is 3.19. The number of amides is 1. The second kappa shape index (κ2) is 7.58. The smallest absolute Gasteiger partial charge is 0.295 e. The highest BCUT2D eigenvalue weighted by Gasteiger charge is 2.45.